The topological polar surface area (TPSA) is 65.2 Å². The molecule has 1 aliphatic heterocycles. The smallest absolute Gasteiger partial charge is 0.274 e. The number of rotatable bonds is 7. The summed E-state index contributed by atoms with van der Waals surface area (Å²) in [5, 5.41) is 6.85. The van der Waals surface area contributed by atoms with Gasteiger partial charge in [0.15, 0.2) is 5.76 Å². The van der Waals surface area contributed by atoms with Crippen molar-refractivity contribution in [1.29, 1.82) is 0 Å². The van der Waals surface area contributed by atoms with Crippen molar-refractivity contribution in [2.45, 2.75) is 25.3 Å². The van der Waals surface area contributed by atoms with E-state index in [1.807, 2.05) is 82.8 Å². The number of nitrogens with zero attached hydrogens (tertiary/aromatic N) is 5. The van der Waals surface area contributed by atoms with Crippen LogP contribution in [0.25, 0.3) is 28.9 Å². The predicted octanol–water partition coefficient (Wildman–Crippen LogP) is 8.58. The van der Waals surface area contributed by atoms with Crippen LogP contribution in [-0.2, 0) is 0 Å². The summed E-state index contributed by atoms with van der Waals surface area (Å²) in [7, 11) is 8.17. The quantitative estimate of drug-likeness (QED) is 0.182. The Labute approximate surface area is 276 Å². The molecule has 47 heavy (non-hydrogen) atoms. The molecule has 2 heterocycles. The Hall–Kier alpha value is -5.43. The lowest BCUT2D eigenvalue weighted by Crippen LogP contribution is -2.32. The molecule has 0 saturated heterocycles. The van der Waals surface area contributed by atoms with E-state index in [-0.39, 0.29) is 17.9 Å². The molecule has 7 rings (SSSR count). The van der Waals surface area contributed by atoms with E-state index in [0.717, 1.165) is 58.6 Å². The molecule has 1 aliphatic carbocycles. The first-order chi connectivity index (χ1) is 22.9. The minimum atomic E-state index is -0.187. The van der Waals surface area contributed by atoms with Gasteiger partial charge in [-0.05, 0) is 90.6 Å². The van der Waals surface area contributed by atoms with Gasteiger partial charge in [-0.25, -0.2) is 9.99 Å². The highest BCUT2D eigenvalue weighted by Gasteiger charge is 2.44. The summed E-state index contributed by atoms with van der Waals surface area (Å²) in [5.41, 5.74) is 9.10. The van der Waals surface area contributed by atoms with E-state index in [0.29, 0.717) is 17.2 Å². The molecule has 1 saturated carbocycles. The first-order valence-electron chi connectivity index (χ1n) is 16.1. The lowest BCUT2D eigenvalue weighted by atomic mass is 9.77. The van der Waals surface area contributed by atoms with Crippen molar-refractivity contribution in [1.82, 2.24) is 9.99 Å². The predicted molar refractivity (Wildman–Crippen MR) is 191 cm³/mol. The highest BCUT2D eigenvalue weighted by Crippen LogP contribution is 2.45. The van der Waals surface area contributed by atoms with Gasteiger partial charge in [0, 0.05) is 62.2 Å². The number of hydrogen-bond acceptors (Lipinski definition) is 6. The van der Waals surface area contributed by atoms with Crippen molar-refractivity contribution < 1.29 is 9.21 Å². The van der Waals surface area contributed by atoms with Crippen LogP contribution < -0.4 is 9.80 Å². The van der Waals surface area contributed by atoms with Crippen LogP contribution >= 0.6 is 0 Å². The maximum absolute atomic E-state index is 14.3. The fraction of sp³-hybridized carbons (Fsp3) is 0.225. The van der Waals surface area contributed by atoms with E-state index >= 15 is 0 Å². The molecule has 4 aromatic carbocycles. The number of carbonyl (C=O) groups excluding carboxylic acids is 1. The summed E-state index contributed by atoms with van der Waals surface area (Å²) < 4.78 is 6.06. The molecule has 0 spiro atoms. The van der Waals surface area contributed by atoms with Crippen molar-refractivity contribution in [3.05, 3.63) is 132 Å². The third-order valence-corrected chi connectivity index (χ3v) is 9.15. The average molecular weight is 622 g/mol. The lowest BCUT2D eigenvalue weighted by Gasteiger charge is -2.30. The van der Waals surface area contributed by atoms with Crippen molar-refractivity contribution in [3.8, 4) is 22.8 Å². The Morgan fingerprint density at radius 1 is 0.809 bits per heavy atom. The fourth-order valence-electron chi connectivity index (χ4n) is 6.57. The standard InChI is InChI=1S/C40H39N5O2/c1-43(2)33-21-13-27(14-22-33)25-32-11-8-12-35-37(32)42-45(38(35)29-19-23-34(24-20-29)44(3)4)40(46)31-17-15-30(16-18-31)39-41-26-36(47-39)28-9-6-5-7-10-28/h5-7,9-10,13-26,35,38H,8,11-12H2,1-4H3/b32-25+/t35-,38+/m0/s1. The van der Waals surface area contributed by atoms with Crippen LogP contribution in [0.15, 0.2) is 124 Å². The zero-order valence-corrected chi connectivity index (χ0v) is 27.3. The van der Waals surface area contributed by atoms with Crippen LogP contribution in [0.4, 0.5) is 11.4 Å². The van der Waals surface area contributed by atoms with E-state index in [4.69, 9.17) is 9.52 Å². The van der Waals surface area contributed by atoms with Crippen LogP contribution in [-0.4, -0.2) is 49.8 Å². The first-order valence-corrected chi connectivity index (χ1v) is 16.1. The van der Waals surface area contributed by atoms with Gasteiger partial charge >= 0.3 is 0 Å². The molecular weight excluding hydrogens is 582 g/mol. The number of oxazole rings is 1. The monoisotopic (exact) mass is 621 g/mol. The molecule has 0 N–H and O–H groups in total. The minimum absolute atomic E-state index is 0.118. The second-order valence-corrected chi connectivity index (χ2v) is 12.7. The zero-order chi connectivity index (χ0) is 32.5. The average Bonchev–Trinajstić information content (AvgIpc) is 3.75. The summed E-state index contributed by atoms with van der Waals surface area (Å²) in [6, 6.07) is 34.3. The van der Waals surface area contributed by atoms with Crippen LogP contribution in [0.3, 0.4) is 0 Å². The first kappa shape index (κ1) is 30.2. The van der Waals surface area contributed by atoms with Gasteiger partial charge in [-0.3, -0.25) is 4.79 Å². The third-order valence-electron chi connectivity index (χ3n) is 9.15. The van der Waals surface area contributed by atoms with Gasteiger partial charge in [0.05, 0.1) is 18.0 Å². The summed E-state index contributed by atoms with van der Waals surface area (Å²) >= 11 is 0. The number of hydrazone groups is 1. The van der Waals surface area contributed by atoms with Gasteiger partial charge in [0.2, 0.25) is 5.89 Å². The molecule has 5 aromatic rings. The molecule has 0 bridgehead atoms. The number of benzene rings is 4. The van der Waals surface area contributed by atoms with Crippen molar-refractivity contribution in [2.75, 3.05) is 38.0 Å². The number of aromatic nitrogens is 1. The van der Waals surface area contributed by atoms with Gasteiger partial charge in [-0.15, -0.1) is 0 Å². The molecule has 236 valence electrons. The van der Waals surface area contributed by atoms with Crippen LogP contribution in [0.5, 0.6) is 0 Å². The number of hydrogen-bond donors (Lipinski definition) is 0. The van der Waals surface area contributed by atoms with Gasteiger partial charge in [0.1, 0.15) is 0 Å². The maximum Gasteiger partial charge on any atom is 0.274 e. The number of fused-ring (bicyclic) bond motifs is 1. The normalized spacial score (nSPS) is 18.2. The second-order valence-electron chi connectivity index (χ2n) is 12.7. The van der Waals surface area contributed by atoms with E-state index in [1.165, 1.54) is 5.57 Å². The fourth-order valence-corrected chi connectivity index (χ4v) is 6.57. The zero-order valence-electron chi connectivity index (χ0n) is 27.3. The Morgan fingerprint density at radius 2 is 1.47 bits per heavy atom. The third kappa shape index (κ3) is 6.09. The molecule has 2 aliphatic rings. The maximum atomic E-state index is 14.3. The summed E-state index contributed by atoms with van der Waals surface area (Å²) in [6.45, 7) is 0. The lowest BCUT2D eigenvalue weighted by molar-refractivity contribution is 0.0681. The number of amides is 1. The number of carbonyl (C=O) groups is 1. The van der Waals surface area contributed by atoms with E-state index in [9.17, 15) is 4.79 Å². The molecule has 1 aromatic heterocycles. The Bertz CT molecular complexity index is 1920. The molecule has 2 atom stereocenters. The van der Waals surface area contributed by atoms with Gasteiger partial charge < -0.3 is 14.2 Å². The van der Waals surface area contributed by atoms with Crippen LogP contribution in [0.1, 0.15) is 46.8 Å². The molecule has 1 amide bonds. The molecule has 0 radical (unpaired) electrons. The largest absolute Gasteiger partial charge is 0.436 e. The summed E-state index contributed by atoms with van der Waals surface area (Å²) in [5.74, 6) is 1.22. The van der Waals surface area contributed by atoms with Gasteiger partial charge in [0.25, 0.3) is 5.91 Å². The molecule has 7 heteroatoms. The van der Waals surface area contributed by atoms with Crippen molar-refractivity contribution in [3.63, 3.8) is 0 Å². The highest BCUT2D eigenvalue weighted by molar-refractivity contribution is 6.09. The van der Waals surface area contributed by atoms with Crippen molar-refractivity contribution >= 4 is 29.1 Å². The Balaban J connectivity index is 1.21. The van der Waals surface area contributed by atoms with Gasteiger partial charge in [-0.2, -0.15) is 5.10 Å². The SMILES string of the molecule is CN(C)c1ccc(/C=C2\CCC[C@H]3C2=NN(C(=O)c2ccc(-c4ncc(-c5ccccc5)o4)cc2)[C@@H]3c2ccc(N(C)C)cc2)cc1. The van der Waals surface area contributed by atoms with Crippen LogP contribution in [0, 0.1) is 5.92 Å². The van der Waals surface area contributed by atoms with Crippen LogP contribution in [0.2, 0.25) is 0 Å². The van der Waals surface area contributed by atoms with Gasteiger partial charge in [-0.1, -0.05) is 54.6 Å². The number of allylic oxidation sites excluding steroid dienone is 1. The van der Waals surface area contributed by atoms with E-state index < -0.39 is 0 Å². The van der Waals surface area contributed by atoms with Crippen molar-refractivity contribution in [2.24, 2.45) is 11.0 Å². The molecular formula is C40H39N5O2. The Kier molecular flexibility index (Phi) is 8.21. The minimum Gasteiger partial charge on any atom is -0.436 e. The molecule has 1 fully saturated rings. The summed E-state index contributed by atoms with van der Waals surface area (Å²) in [4.78, 5) is 23.0. The molecule has 7 nitrogen and oxygen atoms in total. The second kappa shape index (κ2) is 12.8. The van der Waals surface area contributed by atoms with E-state index in [1.54, 1.807) is 11.2 Å². The van der Waals surface area contributed by atoms with E-state index in [2.05, 4.69) is 69.4 Å². The molecule has 0 unspecified atom stereocenters. The highest BCUT2D eigenvalue weighted by atomic mass is 16.4. The Morgan fingerprint density at radius 3 is 2.13 bits per heavy atom. The number of anilines is 2. The summed E-state index contributed by atoms with van der Waals surface area (Å²) in [6.07, 6.45) is 6.95.